The largest absolute Gasteiger partial charge is 0.354 e. The van der Waals surface area contributed by atoms with E-state index in [2.05, 4.69) is 19.2 Å². The molecule has 0 radical (unpaired) electrons. The molecule has 4 nitrogen and oxygen atoms in total. The topological polar surface area (TPSA) is 49.4 Å². The maximum Gasteiger partial charge on any atom is 0.243 e. The van der Waals surface area contributed by atoms with Gasteiger partial charge >= 0.3 is 0 Å². The van der Waals surface area contributed by atoms with Crippen molar-refractivity contribution in [1.29, 1.82) is 0 Å². The average Bonchev–Trinajstić information content (AvgIpc) is 2.71. The van der Waals surface area contributed by atoms with E-state index in [-0.39, 0.29) is 24.2 Å². The van der Waals surface area contributed by atoms with Gasteiger partial charge in [-0.1, -0.05) is 63.2 Å². The number of carbonyl (C=O) groups is 2. The van der Waals surface area contributed by atoms with Crippen molar-refractivity contribution >= 4 is 11.8 Å². The van der Waals surface area contributed by atoms with Gasteiger partial charge in [0.1, 0.15) is 11.9 Å². The number of nitrogens with zero attached hydrogens (tertiary/aromatic N) is 1. The molecule has 0 bridgehead atoms. The highest BCUT2D eigenvalue weighted by molar-refractivity contribution is 5.87. The van der Waals surface area contributed by atoms with Gasteiger partial charge in [-0.3, -0.25) is 9.59 Å². The number of amides is 2. The lowest BCUT2D eigenvalue weighted by Crippen LogP contribution is -2.50. The fourth-order valence-corrected chi connectivity index (χ4v) is 3.15. The Morgan fingerprint density at radius 1 is 1.00 bits per heavy atom. The summed E-state index contributed by atoms with van der Waals surface area (Å²) >= 11 is 0. The van der Waals surface area contributed by atoms with Gasteiger partial charge < -0.3 is 10.2 Å². The smallest absolute Gasteiger partial charge is 0.243 e. The summed E-state index contributed by atoms with van der Waals surface area (Å²) in [7, 11) is 0. The molecule has 2 aromatic carbocycles. The second-order valence-corrected chi connectivity index (χ2v) is 7.68. The van der Waals surface area contributed by atoms with Crippen LogP contribution in [0.4, 0.5) is 4.39 Å². The van der Waals surface area contributed by atoms with E-state index in [1.54, 1.807) is 24.0 Å². The van der Waals surface area contributed by atoms with Gasteiger partial charge in [-0.25, -0.2) is 4.39 Å². The number of rotatable bonds is 10. The van der Waals surface area contributed by atoms with Crippen molar-refractivity contribution in [2.45, 2.75) is 52.6 Å². The van der Waals surface area contributed by atoms with Gasteiger partial charge in [-0.05, 0) is 35.6 Å². The maximum atomic E-state index is 13.3. The molecule has 0 aliphatic heterocycles. The molecule has 0 fully saturated rings. The van der Waals surface area contributed by atoms with E-state index in [0.29, 0.717) is 25.3 Å². The molecule has 0 aromatic heterocycles. The third kappa shape index (κ3) is 7.33. The Morgan fingerprint density at radius 3 is 2.24 bits per heavy atom. The summed E-state index contributed by atoms with van der Waals surface area (Å²) in [4.78, 5) is 27.5. The van der Waals surface area contributed by atoms with Crippen LogP contribution in [0.15, 0.2) is 54.6 Å². The Morgan fingerprint density at radius 2 is 1.66 bits per heavy atom. The zero-order valence-electron chi connectivity index (χ0n) is 17.5. The molecule has 2 aromatic rings. The molecule has 156 valence electrons. The quantitative estimate of drug-likeness (QED) is 0.647. The van der Waals surface area contributed by atoms with Crippen molar-refractivity contribution in [2.24, 2.45) is 5.92 Å². The van der Waals surface area contributed by atoms with Crippen LogP contribution in [0.1, 0.15) is 44.7 Å². The second kappa shape index (κ2) is 11.3. The SMILES string of the molecule is CCC(=O)N(Cc1ccc(F)cc1)[C@@H](Cc1ccccc1)C(=O)NCCC(C)C. The summed E-state index contributed by atoms with van der Waals surface area (Å²) in [5.74, 6) is -0.0995. The van der Waals surface area contributed by atoms with Crippen LogP contribution in [-0.4, -0.2) is 29.3 Å². The first-order valence-electron chi connectivity index (χ1n) is 10.3. The van der Waals surface area contributed by atoms with Gasteiger partial charge in [0.05, 0.1) is 0 Å². The van der Waals surface area contributed by atoms with Crippen LogP contribution in [0.5, 0.6) is 0 Å². The third-order valence-electron chi connectivity index (χ3n) is 4.86. The van der Waals surface area contributed by atoms with Crippen LogP contribution in [0, 0.1) is 11.7 Å². The maximum absolute atomic E-state index is 13.3. The highest BCUT2D eigenvalue weighted by Gasteiger charge is 2.29. The highest BCUT2D eigenvalue weighted by atomic mass is 19.1. The van der Waals surface area contributed by atoms with Crippen LogP contribution < -0.4 is 5.32 Å². The van der Waals surface area contributed by atoms with Gasteiger partial charge in [0, 0.05) is 25.9 Å². The minimum atomic E-state index is -0.623. The molecule has 5 heteroatoms. The van der Waals surface area contributed by atoms with Gasteiger partial charge in [-0.15, -0.1) is 0 Å². The third-order valence-corrected chi connectivity index (χ3v) is 4.86. The molecule has 0 aliphatic rings. The Bertz CT molecular complexity index is 775. The van der Waals surface area contributed by atoms with Crippen molar-refractivity contribution in [2.75, 3.05) is 6.54 Å². The molecule has 0 saturated carbocycles. The number of nitrogens with one attached hydrogen (secondary N) is 1. The Balaban J connectivity index is 2.27. The van der Waals surface area contributed by atoms with Crippen LogP contribution in [-0.2, 0) is 22.6 Å². The fraction of sp³-hybridized carbons (Fsp3) is 0.417. The lowest BCUT2D eigenvalue weighted by molar-refractivity contribution is -0.141. The van der Waals surface area contributed by atoms with E-state index < -0.39 is 6.04 Å². The zero-order chi connectivity index (χ0) is 21.2. The van der Waals surface area contributed by atoms with Crippen molar-refractivity contribution in [3.05, 3.63) is 71.5 Å². The lowest BCUT2D eigenvalue weighted by atomic mass is 10.0. The normalized spacial score (nSPS) is 11.9. The molecule has 0 spiro atoms. The van der Waals surface area contributed by atoms with Crippen LogP contribution in [0.3, 0.4) is 0 Å². The number of halogens is 1. The van der Waals surface area contributed by atoms with Crippen LogP contribution in [0.2, 0.25) is 0 Å². The molecule has 0 aliphatic carbocycles. The van der Waals surface area contributed by atoms with E-state index in [1.807, 2.05) is 30.3 Å². The molecule has 29 heavy (non-hydrogen) atoms. The predicted octanol–water partition coefficient (Wildman–Crippen LogP) is 4.34. The summed E-state index contributed by atoms with van der Waals surface area (Å²) in [6.07, 6.45) is 1.61. The Hall–Kier alpha value is -2.69. The van der Waals surface area contributed by atoms with Crippen molar-refractivity contribution in [3.63, 3.8) is 0 Å². The molecular formula is C24H31FN2O2. The standard InChI is InChI=1S/C24H31FN2O2/c1-4-23(28)27(17-20-10-12-21(25)13-11-20)22(16-19-8-6-5-7-9-19)24(29)26-15-14-18(2)3/h5-13,18,22H,4,14-17H2,1-3H3,(H,26,29)/t22-/m0/s1. The number of carbonyl (C=O) groups excluding carboxylic acids is 2. The summed E-state index contributed by atoms with van der Waals surface area (Å²) in [6.45, 7) is 6.84. The molecule has 0 unspecified atom stereocenters. The van der Waals surface area contributed by atoms with E-state index in [9.17, 15) is 14.0 Å². The van der Waals surface area contributed by atoms with Gasteiger partial charge in [0.15, 0.2) is 0 Å². The Labute approximate surface area is 173 Å². The van der Waals surface area contributed by atoms with Crippen LogP contribution >= 0.6 is 0 Å². The average molecular weight is 399 g/mol. The molecule has 0 heterocycles. The number of hydrogen-bond donors (Lipinski definition) is 1. The molecular weight excluding hydrogens is 367 g/mol. The highest BCUT2D eigenvalue weighted by Crippen LogP contribution is 2.16. The fourth-order valence-electron chi connectivity index (χ4n) is 3.15. The molecule has 1 atom stereocenters. The lowest BCUT2D eigenvalue weighted by Gasteiger charge is -2.31. The van der Waals surface area contributed by atoms with E-state index in [4.69, 9.17) is 0 Å². The summed E-state index contributed by atoms with van der Waals surface area (Å²) < 4.78 is 13.3. The molecule has 1 N–H and O–H groups in total. The molecule has 2 rings (SSSR count). The van der Waals surface area contributed by atoms with Gasteiger partial charge in [0.2, 0.25) is 11.8 Å². The van der Waals surface area contributed by atoms with E-state index >= 15 is 0 Å². The Kier molecular flexibility index (Phi) is 8.84. The molecule has 2 amide bonds. The minimum Gasteiger partial charge on any atom is -0.354 e. The van der Waals surface area contributed by atoms with E-state index in [0.717, 1.165) is 17.5 Å². The van der Waals surface area contributed by atoms with Crippen molar-refractivity contribution in [3.8, 4) is 0 Å². The molecule has 0 saturated heterocycles. The van der Waals surface area contributed by atoms with Gasteiger partial charge in [-0.2, -0.15) is 0 Å². The number of hydrogen-bond acceptors (Lipinski definition) is 2. The van der Waals surface area contributed by atoms with Gasteiger partial charge in [0.25, 0.3) is 0 Å². The van der Waals surface area contributed by atoms with E-state index in [1.165, 1.54) is 12.1 Å². The summed E-state index contributed by atoms with van der Waals surface area (Å²) in [6, 6.07) is 15.1. The minimum absolute atomic E-state index is 0.103. The second-order valence-electron chi connectivity index (χ2n) is 7.68. The van der Waals surface area contributed by atoms with Crippen molar-refractivity contribution < 1.29 is 14.0 Å². The monoisotopic (exact) mass is 398 g/mol. The summed E-state index contributed by atoms with van der Waals surface area (Å²) in [5, 5.41) is 3.00. The summed E-state index contributed by atoms with van der Waals surface area (Å²) in [5.41, 5.74) is 1.78. The first-order chi connectivity index (χ1) is 13.9. The zero-order valence-corrected chi connectivity index (χ0v) is 17.5. The first-order valence-corrected chi connectivity index (χ1v) is 10.3. The number of benzene rings is 2. The van der Waals surface area contributed by atoms with Crippen LogP contribution in [0.25, 0.3) is 0 Å². The predicted molar refractivity (Wildman–Crippen MR) is 114 cm³/mol. The first kappa shape index (κ1) is 22.6. The van der Waals surface area contributed by atoms with Crippen molar-refractivity contribution in [1.82, 2.24) is 10.2 Å².